The van der Waals surface area contributed by atoms with Gasteiger partial charge < -0.3 is 10.0 Å². The Balaban J connectivity index is 2.14. The van der Waals surface area contributed by atoms with Crippen LogP contribution in [-0.4, -0.2) is 48.2 Å². The monoisotopic (exact) mass is 288 g/mol. The number of anilines is 1. The highest BCUT2D eigenvalue weighted by atomic mass is 16.4. The number of aliphatic carboxylic acids is 1. The number of rotatable bonds is 6. The molecule has 1 fully saturated rings. The van der Waals surface area contributed by atoms with Crippen molar-refractivity contribution < 1.29 is 9.90 Å². The molecule has 0 amide bonds. The maximum atomic E-state index is 10.7. The van der Waals surface area contributed by atoms with Gasteiger partial charge in [0.05, 0.1) is 0 Å². The number of carbonyl (C=O) groups is 1. The molecule has 1 atom stereocenters. The van der Waals surface area contributed by atoms with Crippen molar-refractivity contribution in [2.45, 2.75) is 26.3 Å². The molecule has 0 aliphatic carbocycles. The minimum absolute atomic E-state index is 0.594. The van der Waals surface area contributed by atoms with E-state index in [4.69, 9.17) is 5.11 Å². The first-order valence-electron chi connectivity index (χ1n) is 7.64. The lowest BCUT2D eigenvalue weighted by Crippen LogP contribution is -2.37. The average molecular weight is 288 g/mol. The van der Waals surface area contributed by atoms with Crippen molar-refractivity contribution in [3.05, 3.63) is 35.9 Å². The van der Waals surface area contributed by atoms with Gasteiger partial charge in [0.15, 0.2) is 0 Å². The fraction of sp³-hybridized carbons (Fsp3) is 0.471. The molecule has 4 heteroatoms. The number of benzene rings is 1. The zero-order valence-corrected chi connectivity index (χ0v) is 12.8. The Bertz CT molecular complexity index is 509. The highest BCUT2D eigenvalue weighted by Crippen LogP contribution is 2.27. The predicted octanol–water partition coefficient (Wildman–Crippen LogP) is 2.70. The van der Waals surface area contributed by atoms with Crippen molar-refractivity contribution >= 4 is 17.7 Å². The van der Waals surface area contributed by atoms with Crippen LogP contribution in [0.1, 0.15) is 25.8 Å². The minimum atomic E-state index is -0.910. The van der Waals surface area contributed by atoms with Crippen LogP contribution in [-0.2, 0) is 4.79 Å². The lowest BCUT2D eigenvalue weighted by Gasteiger charge is -2.27. The fourth-order valence-corrected chi connectivity index (χ4v) is 3.08. The topological polar surface area (TPSA) is 43.8 Å². The first kappa shape index (κ1) is 15.6. The molecule has 0 saturated carbocycles. The van der Waals surface area contributed by atoms with Gasteiger partial charge in [-0.15, -0.1) is 0 Å². The highest BCUT2D eigenvalue weighted by Gasteiger charge is 2.26. The smallest absolute Gasteiger partial charge is 0.328 e. The van der Waals surface area contributed by atoms with Crippen molar-refractivity contribution in [3.63, 3.8) is 0 Å². The molecular formula is C17H24N2O2. The summed E-state index contributed by atoms with van der Waals surface area (Å²) in [6, 6.07) is 8.60. The molecule has 1 unspecified atom stereocenters. The van der Waals surface area contributed by atoms with Crippen molar-refractivity contribution in [1.82, 2.24) is 4.90 Å². The summed E-state index contributed by atoms with van der Waals surface area (Å²) in [4.78, 5) is 15.6. The summed E-state index contributed by atoms with van der Waals surface area (Å²) in [5.74, 6) is -0.910. The molecule has 1 aromatic carbocycles. The van der Waals surface area contributed by atoms with E-state index in [1.807, 2.05) is 18.2 Å². The first-order chi connectivity index (χ1) is 10.2. The van der Waals surface area contributed by atoms with Crippen LogP contribution in [0.2, 0.25) is 0 Å². The summed E-state index contributed by atoms with van der Waals surface area (Å²) in [6.45, 7) is 8.61. The maximum absolute atomic E-state index is 10.7. The standard InChI is InChI=1S/C17H24N2O2/c1-3-18(4-2)15-11-12-19(13-15)16-8-6-5-7-14(16)9-10-17(20)21/h5-10,15H,3-4,11-13H2,1-2H3,(H,20,21). The molecule has 4 nitrogen and oxygen atoms in total. The highest BCUT2D eigenvalue weighted by molar-refractivity contribution is 5.87. The SMILES string of the molecule is CCN(CC)C1CCN(c2ccccc2C=CC(=O)O)C1. The van der Waals surface area contributed by atoms with E-state index in [1.165, 1.54) is 12.5 Å². The molecule has 1 aliphatic heterocycles. The lowest BCUT2D eigenvalue weighted by atomic mass is 10.1. The summed E-state index contributed by atoms with van der Waals surface area (Å²) in [6.07, 6.45) is 4.05. The minimum Gasteiger partial charge on any atom is -0.478 e. The van der Waals surface area contributed by atoms with Crippen molar-refractivity contribution in [3.8, 4) is 0 Å². The maximum Gasteiger partial charge on any atom is 0.328 e. The molecule has 2 rings (SSSR count). The van der Waals surface area contributed by atoms with Crippen molar-refractivity contribution in [2.24, 2.45) is 0 Å². The normalized spacial score (nSPS) is 18.8. The number of nitrogens with zero attached hydrogens (tertiary/aromatic N) is 2. The van der Waals surface area contributed by atoms with Crippen LogP contribution in [0.4, 0.5) is 5.69 Å². The van der Waals surface area contributed by atoms with Gasteiger partial charge in [-0.05, 0) is 37.2 Å². The summed E-state index contributed by atoms with van der Waals surface area (Å²) in [5, 5.41) is 8.80. The lowest BCUT2D eigenvalue weighted by molar-refractivity contribution is -0.131. The zero-order valence-electron chi connectivity index (χ0n) is 12.8. The van der Waals surface area contributed by atoms with E-state index in [1.54, 1.807) is 6.08 Å². The van der Waals surface area contributed by atoms with Crippen LogP contribution in [0.15, 0.2) is 30.3 Å². The third-order valence-electron chi connectivity index (χ3n) is 4.18. The second-order valence-electron chi connectivity index (χ2n) is 5.34. The molecule has 1 aromatic rings. The van der Waals surface area contributed by atoms with Gasteiger partial charge in [-0.1, -0.05) is 32.0 Å². The molecule has 114 valence electrons. The van der Waals surface area contributed by atoms with E-state index in [2.05, 4.69) is 29.7 Å². The average Bonchev–Trinajstić information content (AvgIpc) is 2.96. The molecule has 21 heavy (non-hydrogen) atoms. The van der Waals surface area contributed by atoms with Crippen LogP contribution in [0, 0.1) is 0 Å². The molecule has 1 N–H and O–H groups in total. The quantitative estimate of drug-likeness (QED) is 0.817. The molecule has 0 radical (unpaired) electrons. The van der Waals surface area contributed by atoms with Gasteiger partial charge in [0.1, 0.15) is 0 Å². The molecule has 1 aliphatic rings. The summed E-state index contributed by atoms with van der Waals surface area (Å²) in [7, 11) is 0. The van der Waals surface area contributed by atoms with E-state index in [0.717, 1.165) is 37.4 Å². The Morgan fingerprint density at radius 2 is 2.10 bits per heavy atom. The Morgan fingerprint density at radius 3 is 2.76 bits per heavy atom. The Labute approximate surface area is 126 Å². The Kier molecular flexibility index (Phi) is 5.39. The van der Waals surface area contributed by atoms with Gasteiger partial charge in [0.25, 0.3) is 0 Å². The van der Waals surface area contributed by atoms with Crippen LogP contribution in [0.5, 0.6) is 0 Å². The van der Waals surface area contributed by atoms with Gasteiger partial charge in [0.2, 0.25) is 0 Å². The largest absolute Gasteiger partial charge is 0.478 e. The second kappa shape index (κ2) is 7.27. The third-order valence-corrected chi connectivity index (χ3v) is 4.18. The predicted molar refractivity (Wildman–Crippen MR) is 86.7 cm³/mol. The third kappa shape index (κ3) is 3.85. The Hall–Kier alpha value is -1.81. The van der Waals surface area contributed by atoms with E-state index in [9.17, 15) is 4.79 Å². The van der Waals surface area contributed by atoms with Crippen molar-refractivity contribution in [1.29, 1.82) is 0 Å². The molecule has 0 spiro atoms. The van der Waals surface area contributed by atoms with Crippen molar-refractivity contribution in [2.75, 3.05) is 31.1 Å². The molecule has 1 saturated heterocycles. The Morgan fingerprint density at radius 1 is 1.38 bits per heavy atom. The van der Waals surface area contributed by atoms with Crippen LogP contribution in [0.25, 0.3) is 6.08 Å². The van der Waals surface area contributed by atoms with E-state index >= 15 is 0 Å². The fourth-order valence-electron chi connectivity index (χ4n) is 3.08. The van der Waals surface area contributed by atoms with Crippen LogP contribution < -0.4 is 4.90 Å². The molecule has 1 heterocycles. The summed E-state index contributed by atoms with van der Waals surface area (Å²) >= 11 is 0. The van der Waals surface area contributed by atoms with E-state index in [0.29, 0.717) is 6.04 Å². The van der Waals surface area contributed by atoms with Gasteiger partial charge in [0, 0.05) is 30.9 Å². The van der Waals surface area contributed by atoms with Crippen LogP contribution >= 0.6 is 0 Å². The molecule has 0 bridgehead atoms. The first-order valence-corrected chi connectivity index (χ1v) is 7.64. The number of para-hydroxylation sites is 1. The molecular weight excluding hydrogens is 264 g/mol. The van der Waals surface area contributed by atoms with E-state index < -0.39 is 5.97 Å². The number of hydrogen-bond donors (Lipinski definition) is 1. The van der Waals surface area contributed by atoms with Gasteiger partial charge in [-0.2, -0.15) is 0 Å². The number of carboxylic acid groups (broad SMARTS) is 1. The molecule has 0 aromatic heterocycles. The zero-order chi connectivity index (χ0) is 15.2. The van der Waals surface area contributed by atoms with Gasteiger partial charge >= 0.3 is 5.97 Å². The summed E-state index contributed by atoms with van der Waals surface area (Å²) in [5.41, 5.74) is 2.10. The van der Waals surface area contributed by atoms with E-state index in [-0.39, 0.29) is 0 Å². The summed E-state index contributed by atoms with van der Waals surface area (Å²) < 4.78 is 0. The second-order valence-corrected chi connectivity index (χ2v) is 5.34. The van der Waals surface area contributed by atoms with Gasteiger partial charge in [-0.25, -0.2) is 4.79 Å². The van der Waals surface area contributed by atoms with Gasteiger partial charge in [-0.3, -0.25) is 4.90 Å². The number of likely N-dealkylation sites (N-methyl/N-ethyl adjacent to an activating group) is 1. The number of hydrogen-bond acceptors (Lipinski definition) is 3. The van der Waals surface area contributed by atoms with Crippen LogP contribution in [0.3, 0.4) is 0 Å². The number of carboxylic acids is 1.